The normalized spacial score (nSPS) is 19.4. The minimum absolute atomic E-state index is 0.124. The SMILES string of the molecule is O=C(CN(CCc1ccc(Cl)cc1Cl)C(Cl)CCCC(=O)N1CCCC2CCCCC21)NCCc1ccc(Cl)cc1Cl. The van der Waals surface area contributed by atoms with Crippen LogP contribution >= 0.6 is 58.0 Å². The Balaban J connectivity index is 1.30. The van der Waals surface area contributed by atoms with Crippen molar-refractivity contribution in [3.05, 3.63) is 67.6 Å². The van der Waals surface area contributed by atoms with Gasteiger partial charge in [0.1, 0.15) is 0 Å². The molecule has 0 aromatic heterocycles. The third kappa shape index (κ3) is 9.90. The largest absolute Gasteiger partial charge is 0.355 e. The molecule has 1 aliphatic carbocycles. The van der Waals surface area contributed by atoms with Gasteiger partial charge in [0.25, 0.3) is 0 Å². The van der Waals surface area contributed by atoms with Crippen LogP contribution in [-0.2, 0) is 22.4 Å². The number of likely N-dealkylation sites (tertiary alicyclic amines) is 1. The lowest BCUT2D eigenvalue weighted by Gasteiger charge is -2.44. The Morgan fingerprint density at radius 1 is 0.905 bits per heavy atom. The predicted octanol–water partition coefficient (Wildman–Crippen LogP) is 8.42. The highest BCUT2D eigenvalue weighted by Crippen LogP contribution is 2.35. The molecule has 10 heteroatoms. The van der Waals surface area contributed by atoms with E-state index in [1.807, 2.05) is 23.1 Å². The molecule has 0 bridgehead atoms. The van der Waals surface area contributed by atoms with Gasteiger partial charge < -0.3 is 10.2 Å². The van der Waals surface area contributed by atoms with Crippen molar-refractivity contribution in [1.29, 1.82) is 0 Å². The monoisotopic (exact) mass is 673 g/mol. The van der Waals surface area contributed by atoms with E-state index in [1.54, 1.807) is 18.2 Å². The van der Waals surface area contributed by atoms with Gasteiger partial charge in [0, 0.05) is 52.2 Å². The van der Waals surface area contributed by atoms with Crippen molar-refractivity contribution in [2.75, 3.05) is 26.2 Å². The molecule has 2 aromatic rings. The number of carbonyl (C=O) groups excluding carboxylic acids is 2. The Bertz CT molecular complexity index is 1210. The van der Waals surface area contributed by atoms with E-state index in [4.69, 9.17) is 58.0 Å². The Kier molecular flexibility index (Phi) is 13.4. The molecular formula is C32H40Cl5N3O2. The lowest BCUT2D eigenvalue weighted by molar-refractivity contribution is -0.137. The minimum atomic E-state index is -0.399. The average Bonchev–Trinajstić information content (AvgIpc) is 2.96. The molecule has 1 saturated carbocycles. The maximum absolute atomic E-state index is 13.2. The zero-order valence-corrected chi connectivity index (χ0v) is 27.7. The standard InChI is InChI=1S/C32H40Cl5N3O2/c33-25-12-10-22(27(35)19-25)14-16-38-31(41)21-39(18-15-23-11-13-26(34)20-28(23)36)30(37)8-3-9-32(42)40-17-4-6-24-5-1-2-7-29(24)40/h10-13,19-20,24,29-30H,1-9,14-18,21H2,(H,38,41). The zero-order chi connectivity index (χ0) is 30.1. The van der Waals surface area contributed by atoms with Gasteiger partial charge >= 0.3 is 0 Å². The van der Waals surface area contributed by atoms with Crippen molar-refractivity contribution in [2.45, 2.75) is 82.2 Å². The van der Waals surface area contributed by atoms with Crippen molar-refractivity contribution in [3.63, 3.8) is 0 Å². The second kappa shape index (κ2) is 16.7. The minimum Gasteiger partial charge on any atom is -0.355 e. The van der Waals surface area contributed by atoms with Crippen LogP contribution in [0.2, 0.25) is 20.1 Å². The van der Waals surface area contributed by atoms with Gasteiger partial charge in [-0.05, 0) is 92.7 Å². The third-order valence-corrected chi connectivity index (χ3v) is 10.2. The number of halogens is 5. The number of alkyl halides is 1. The lowest BCUT2D eigenvalue weighted by atomic mass is 9.78. The van der Waals surface area contributed by atoms with Crippen LogP contribution in [0.1, 0.15) is 68.9 Å². The Morgan fingerprint density at radius 2 is 1.55 bits per heavy atom. The molecule has 42 heavy (non-hydrogen) atoms. The lowest BCUT2D eigenvalue weighted by Crippen LogP contribution is -2.49. The number of fused-ring (bicyclic) bond motifs is 1. The Morgan fingerprint density at radius 3 is 2.24 bits per heavy atom. The van der Waals surface area contributed by atoms with Crippen LogP contribution in [0.15, 0.2) is 36.4 Å². The molecule has 0 radical (unpaired) electrons. The summed E-state index contributed by atoms with van der Waals surface area (Å²) < 4.78 is 0. The van der Waals surface area contributed by atoms with Crippen LogP contribution in [0.5, 0.6) is 0 Å². The Labute approximate surface area is 275 Å². The zero-order valence-electron chi connectivity index (χ0n) is 23.9. The van der Waals surface area contributed by atoms with Gasteiger partial charge in [-0.2, -0.15) is 0 Å². The first-order valence-electron chi connectivity index (χ1n) is 15.0. The first kappa shape index (κ1) is 33.7. The fourth-order valence-electron chi connectivity index (χ4n) is 6.29. The van der Waals surface area contributed by atoms with Crippen molar-refractivity contribution >= 4 is 69.8 Å². The predicted molar refractivity (Wildman–Crippen MR) is 175 cm³/mol. The van der Waals surface area contributed by atoms with Crippen molar-refractivity contribution in [1.82, 2.24) is 15.1 Å². The fourth-order valence-corrected chi connectivity index (χ4v) is 7.62. The fraction of sp³-hybridized carbons (Fsp3) is 0.562. The van der Waals surface area contributed by atoms with Crippen LogP contribution in [0.3, 0.4) is 0 Å². The topological polar surface area (TPSA) is 52.7 Å². The van der Waals surface area contributed by atoms with Crippen LogP contribution in [0, 0.1) is 5.92 Å². The summed E-state index contributed by atoms with van der Waals surface area (Å²) in [6.45, 7) is 1.99. The quantitative estimate of drug-likeness (QED) is 0.171. The van der Waals surface area contributed by atoms with E-state index in [1.165, 1.54) is 25.7 Å². The van der Waals surface area contributed by atoms with Gasteiger partial charge in [0.15, 0.2) is 0 Å². The first-order chi connectivity index (χ1) is 20.2. The summed E-state index contributed by atoms with van der Waals surface area (Å²) in [6.07, 6.45) is 10.2. The van der Waals surface area contributed by atoms with Crippen molar-refractivity contribution < 1.29 is 9.59 Å². The second-order valence-corrected chi connectivity index (χ2v) is 13.7. The summed E-state index contributed by atoms with van der Waals surface area (Å²) in [6, 6.07) is 11.2. The van der Waals surface area contributed by atoms with E-state index < -0.39 is 5.50 Å². The third-order valence-electron chi connectivity index (χ3n) is 8.55. The highest BCUT2D eigenvalue weighted by Gasteiger charge is 2.35. The molecule has 1 aliphatic heterocycles. The first-order valence-corrected chi connectivity index (χ1v) is 17.0. The second-order valence-electron chi connectivity index (χ2n) is 11.5. The number of piperidine rings is 1. The molecule has 2 fully saturated rings. The maximum Gasteiger partial charge on any atom is 0.234 e. The van der Waals surface area contributed by atoms with E-state index in [-0.39, 0.29) is 18.4 Å². The summed E-state index contributed by atoms with van der Waals surface area (Å²) in [7, 11) is 0. The van der Waals surface area contributed by atoms with Crippen LogP contribution < -0.4 is 5.32 Å². The van der Waals surface area contributed by atoms with Gasteiger partial charge in [-0.3, -0.25) is 14.5 Å². The average molecular weight is 676 g/mol. The van der Waals surface area contributed by atoms with Gasteiger partial charge in [-0.25, -0.2) is 0 Å². The summed E-state index contributed by atoms with van der Waals surface area (Å²) in [5.41, 5.74) is 1.46. The van der Waals surface area contributed by atoms with Gasteiger partial charge in [0.2, 0.25) is 11.8 Å². The molecule has 2 aliphatic rings. The number of nitrogens with zero attached hydrogens (tertiary/aromatic N) is 2. The van der Waals surface area contributed by atoms with E-state index in [9.17, 15) is 9.59 Å². The number of amides is 2. The molecule has 3 atom stereocenters. The van der Waals surface area contributed by atoms with Crippen molar-refractivity contribution in [2.24, 2.45) is 5.92 Å². The van der Waals surface area contributed by atoms with Gasteiger partial charge in [-0.15, -0.1) is 11.6 Å². The number of rotatable bonds is 13. The summed E-state index contributed by atoms with van der Waals surface area (Å²) in [4.78, 5) is 30.3. The molecule has 230 valence electrons. The molecule has 1 heterocycles. The number of hydrogen-bond acceptors (Lipinski definition) is 3. The number of hydrogen-bond donors (Lipinski definition) is 1. The molecule has 1 saturated heterocycles. The molecular weight excluding hydrogens is 636 g/mol. The van der Waals surface area contributed by atoms with Gasteiger partial charge in [-0.1, -0.05) is 71.4 Å². The van der Waals surface area contributed by atoms with E-state index >= 15 is 0 Å². The molecule has 2 aromatic carbocycles. The molecule has 1 N–H and O–H groups in total. The van der Waals surface area contributed by atoms with E-state index in [2.05, 4.69) is 10.2 Å². The van der Waals surface area contributed by atoms with E-state index in [0.29, 0.717) is 77.2 Å². The van der Waals surface area contributed by atoms with Gasteiger partial charge in [0.05, 0.1) is 12.0 Å². The molecule has 5 nitrogen and oxygen atoms in total. The summed E-state index contributed by atoms with van der Waals surface area (Å²) in [5.74, 6) is 0.788. The molecule has 4 rings (SSSR count). The number of carbonyl (C=O) groups is 2. The number of nitrogens with one attached hydrogen (secondary N) is 1. The molecule has 2 amide bonds. The van der Waals surface area contributed by atoms with Crippen molar-refractivity contribution in [3.8, 4) is 0 Å². The smallest absolute Gasteiger partial charge is 0.234 e. The Hall–Kier alpha value is -1.21. The highest BCUT2D eigenvalue weighted by molar-refractivity contribution is 6.35. The van der Waals surface area contributed by atoms with Crippen LogP contribution in [0.4, 0.5) is 0 Å². The molecule has 3 unspecified atom stereocenters. The summed E-state index contributed by atoms with van der Waals surface area (Å²) >= 11 is 31.7. The number of benzene rings is 2. The van der Waals surface area contributed by atoms with E-state index in [0.717, 1.165) is 30.5 Å². The highest BCUT2D eigenvalue weighted by atomic mass is 35.5. The van der Waals surface area contributed by atoms with Crippen LogP contribution in [0.25, 0.3) is 0 Å². The molecule has 0 spiro atoms. The van der Waals surface area contributed by atoms with Crippen LogP contribution in [-0.4, -0.2) is 59.3 Å². The maximum atomic E-state index is 13.2. The summed E-state index contributed by atoms with van der Waals surface area (Å²) in [5, 5.41) is 5.31.